The number of hydrogen-bond acceptors (Lipinski definition) is 2. The fourth-order valence-corrected chi connectivity index (χ4v) is 0.0707. The molecule has 0 aromatic heterocycles. The Morgan fingerprint density at radius 1 is 1.58 bits per heavy atom. The van der Waals surface area contributed by atoms with Crippen LogP contribution in [0.3, 0.4) is 0 Å². The molecule has 0 aliphatic heterocycles. The van der Waals surface area contributed by atoms with Crippen molar-refractivity contribution >= 4 is 45.0 Å². The van der Waals surface area contributed by atoms with E-state index in [0.717, 1.165) is 12.1 Å². The quantitative estimate of drug-likeness (QED) is 0.262. The van der Waals surface area contributed by atoms with Gasteiger partial charge in [-0.2, -0.15) is 0 Å². The molecule has 0 saturated heterocycles. The second kappa shape index (κ2) is 7.92. The van der Waals surface area contributed by atoms with E-state index in [9.17, 15) is 0 Å². The molecule has 0 spiro atoms. The van der Waals surface area contributed by atoms with Gasteiger partial charge in [0.1, 0.15) is 0 Å². The molecular weight excluding hydrogens is 237 g/mol. The summed E-state index contributed by atoms with van der Waals surface area (Å²) in [6.45, 7) is 7.02. The standard InChI is InChI=1S/C4H9NO.C2H3Cl3Si/c1-3-4(2)5-6;1-2-6(3,4)5/h6H,3H2,1-2H3;2H,1H2. The highest BCUT2D eigenvalue weighted by Crippen LogP contribution is 2.19. The zero-order valence-corrected chi connectivity index (χ0v) is 10.3. The van der Waals surface area contributed by atoms with E-state index in [-0.39, 0.29) is 0 Å². The summed E-state index contributed by atoms with van der Waals surface area (Å²) in [5, 5.41) is 10.8. The number of hydrogen-bond donors (Lipinski definition) is 1. The number of rotatable bonds is 2. The molecule has 0 unspecified atom stereocenters. The van der Waals surface area contributed by atoms with Crippen LogP contribution in [0.5, 0.6) is 0 Å². The van der Waals surface area contributed by atoms with Crippen molar-refractivity contribution in [3.63, 3.8) is 0 Å². The Bertz CT molecular complexity index is 155. The molecule has 0 bridgehead atoms. The Morgan fingerprint density at radius 2 is 1.92 bits per heavy atom. The van der Waals surface area contributed by atoms with Crippen LogP contribution in [0, 0.1) is 0 Å². The van der Waals surface area contributed by atoms with Crippen LogP contribution in [0.15, 0.2) is 17.4 Å². The lowest BCUT2D eigenvalue weighted by atomic mass is 10.3. The maximum absolute atomic E-state index is 7.92. The average Bonchev–Trinajstić information content (AvgIpc) is 2.03. The maximum Gasteiger partial charge on any atom is 0.365 e. The van der Waals surface area contributed by atoms with Crippen molar-refractivity contribution in [3.8, 4) is 0 Å². The van der Waals surface area contributed by atoms with Gasteiger partial charge in [0.2, 0.25) is 0 Å². The van der Waals surface area contributed by atoms with Crippen LogP contribution >= 0.6 is 33.2 Å². The van der Waals surface area contributed by atoms with Crippen LogP contribution in [-0.4, -0.2) is 16.9 Å². The van der Waals surface area contributed by atoms with Gasteiger partial charge in [0.15, 0.2) is 0 Å². The van der Waals surface area contributed by atoms with Gasteiger partial charge < -0.3 is 5.21 Å². The highest BCUT2D eigenvalue weighted by molar-refractivity contribution is 7.66. The second-order valence-corrected chi connectivity index (χ2v) is 10.5. The molecule has 12 heavy (non-hydrogen) atoms. The average molecular weight is 249 g/mol. The summed E-state index contributed by atoms with van der Waals surface area (Å²) in [5.74, 6) is 0. The lowest BCUT2D eigenvalue weighted by Crippen LogP contribution is -2.01. The molecule has 72 valence electrons. The van der Waals surface area contributed by atoms with Crippen molar-refractivity contribution < 1.29 is 5.21 Å². The SMILES string of the molecule is C=C[Si](Cl)(Cl)Cl.CCC(C)=NO. The fourth-order valence-electron chi connectivity index (χ4n) is 0.0707. The van der Waals surface area contributed by atoms with Crippen molar-refractivity contribution in [3.05, 3.63) is 12.3 Å². The summed E-state index contributed by atoms with van der Waals surface area (Å²) in [5.41, 5.74) is 2.15. The summed E-state index contributed by atoms with van der Waals surface area (Å²) in [4.78, 5) is 0. The van der Waals surface area contributed by atoms with Crippen LogP contribution in [0.1, 0.15) is 20.3 Å². The second-order valence-electron chi connectivity index (χ2n) is 1.93. The van der Waals surface area contributed by atoms with Crippen molar-refractivity contribution in [2.24, 2.45) is 5.16 Å². The first-order valence-corrected chi connectivity index (χ1v) is 8.36. The lowest BCUT2D eigenvalue weighted by molar-refractivity contribution is 0.317. The van der Waals surface area contributed by atoms with E-state index in [0.29, 0.717) is 0 Å². The molecule has 0 heterocycles. The molecule has 0 aromatic carbocycles. The van der Waals surface area contributed by atoms with E-state index in [2.05, 4.69) is 11.7 Å². The Hall–Kier alpha value is 0.297. The fraction of sp³-hybridized carbons (Fsp3) is 0.500. The largest absolute Gasteiger partial charge is 0.411 e. The minimum absolute atomic E-state index is 0.773. The molecule has 0 aromatic rings. The van der Waals surface area contributed by atoms with E-state index < -0.39 is 6.00 Å². The molecule has 0 amide bonds. The molecule has 6 heteroatoms. The normalized spacial score (nSPS) is 11.6. The van der Waals surface area contributed by atoms with E-state index in [1.165, 1.54) is 5.70 Å². The highest BCUT2D eigenvalue weighted by atomic mass is 35.8. The van der Waals surface area contributed by atoms with Gasteiger partial charge in [0.05, 0.1) is 5.71 Å². The van der Waals surface area contributed by atoms with Crippen molar-refractivity contribution in [2.45, 2.75) is 20.3 Å². The molecule has 2 nitrogen and oxygen atoms in total. The van der Waals surface area contributed by atoms with Gasteiger partial charge in [-0.15, -0.1) is 39.8 Å². The predicted molar refractivity (Wildman–Crippen MR) is 58.7 cm³/mol. The van der Waals surface area contributed by atoms with Gasteiger partial charge in [0, 0.05) is 0 Å². The van der Waals surface area contributed by atoms with Crippen LogP contribution in [-0.2, 0) is 0 Å². The number of halogens is 3. The first-order chi connectivity index (χ1) is 5.37. The maximum atomic E-state index is 7.92. The first-order valence-electron chi connectivity index (χ1n) is 3.25. The van der Waals surface area contributed by atoms with Gasteiger partial charge in [-0.25, -0.2) is 0 Å². The minimum Gasteiger partial charge on any atom is -0.411 e. The third-order valence-electron chi connectivity index (χ3n) is 0.914. The molecule has 0 fully saturated rings. The molecule has 0 radical (unpaired) electrons. The number of nitrogens with zero attached hydrogens (tertiary/aromatic N) is 1. The van der Waals surface area contributed by atoms with Crippen LogP contribution < -0.4 is 0 Å². The van der Waals surface area contributed by atoms with Gasteiger partial charge in [-0.1, -0.05) is 17.8 Å². The molecule has 0 aliphatic rings. The Balaban J connectivity index is 0. The van der Waals surface area contributed by atoms with Gasteiger partial charge in [-0.05, 0) is 13.3 Å². The predicted octanol–water partition coefficient (Wildman–Crippen LogP) is 3.61. The Labute approximate surface area is 87.9 Å². The summed E-state index contributed by atoms with van der Waals surface area (Å²) >= 11 is 15.8. The molecular formula is C6H12Cl3NOSi. The summed E-state index contributed by atoms with van der Waals surface area (Å²) in [7, 11) is 0. The van der Waals surface area contributed by atoms with E-state index in [1.54, 1.807) is 6.92 Å². The van der Waals surface area contributed by atoms with Crippen molar-refractivity contribution in [1.82, 2.24) is 0 Å². The Kier molecular flexibility index (Phi) is 9.77. The van der Waals surface area contributed by atoms with Gasteiger partial charge in [0.25, 0.3) is 0 Å². The van der Waals surface area contributed by atoms with Crippen LogP contribution in [0.2, 0.25) is 0 Å². The summed E-state index contributed by atoms with van der Waals surface area (Å²) in [6, 6.07) is -2.45. The molecule has 0 saturated carbocycles. The third kappa shape index (κ3) is 16.7. The molecule has 1 N–H and O–H groups in total. The smallest absolute Gasteiger partial charge is 0.365 e. The summed E-state index contributed by atoms with van der Waals surface area (Å²) < 4.78 is 0. The third-order valence-corrected chi connectivity index (χ3v) is 2.77. The Morgan fingerprint density at radius 3 is 1.92 bits per heavy atom. The summed E-state index contributed by atoms with van der Waals surface area (Å²) in [6.07, 6.45) is 0.830. The monoisotopic (exact) mass is 247 g/mol. The zero-order chi connectivity index (χ0) is 10.2. The molecule has 0 atom stereocenters. The van der Waals surface area contributed by atoms with Crippen molar-refractivity contribution in [1.29, 1.82) is 0 Å². The topological polar surface area (TPSA) is 32.6 Å². The lowest BCUT2D eigenvalue weighted by Gasteiger charge is -1.92. The van der Waals surface area contributed by atoms with Crippen LogP contribution in [0.4, 0.5) is 0 Å². The van der Waals surface area contributed by atoms with Crippen LogP contribution in [0.25, 0.3) is 0 Å². The molecule has 0 rings (SSSR count). The van der Waals surface area contributed by atoms with Gasteiger partial charge >= 0.3 is 6.00 Å². The number of oxime groups is 1. The van der Waals surface area contributed by atoms with E-state index in [4.69, 9.17) is 38.4 Å². The van der Waals surface area contributed by atoms with E-state index >= 15 is 0 Å². The molecule has 0 aliphatic carbocycles. The highest BCUT2D eigenvalue weighted by Gasteiger charge is 2.17. The van der Waals surface area contributed by atoms with Gasteiger partial charge in [-0.3, -0.25) is 0 Å². The van der Waals surface area contributed by atoms with E-state index in [1.807, 2.05) is 6.92 Å². The minimum atomic E-state index is -2.45. The van der Waals surface area contributed by atoms with Crippen molar-refractivity contribution in [2.75, 3.05) is 0 Å². The zero-order valence-electron chi connectivity index (χ0n) is 7.02. The first kappa shape index (κ1) is 14.8.